The normalized spacial score (nSPS) is 29.3. The monoisotopic (exact) mass is 266 g/mol. The number of nitrogens with two attached hydrogens (primary N) is 1. The SMILES string of the molecule is N[C@@H]1C(=O)N2C(C(=O)S)=C(C(F)F)CS[C@H]12. The van der Waals surface area contributed by atoms with Crippen LogP contribution < -0.4 is 5.73 Å². The first-order valence-electron chi connectivity index (χ1n) is 4.40. The van der Waals surface area contributed by atoms with Crippen LogP contribution in [0.2, 0.25) is 0 Å². The molecule has 0 aromatic heterocycles. The first-order valence-corrected chi connectivity index (χ1v) is 5.89. The molecule has 0 aliphatic carbocycles. The molecule has 2 aliphatic rings. The summed E-state index contributed by atoms with van der Waals surface area (Å²) in [5, 5.41) is -1.23. The second-order valence-corrected chi connectivity index (χ2v) is 4.93. The van der Waals surface area contributed by atoms with Crippen molar-refractivity contribution in [3.63, 3.8) is 0 Å². The van der Waals surface area contributed by atoms with Crippen LogP contribution in [0.15, 0.2) is 11.3 Å². The van der Waals surface area contributed by atoms with E-state index in [9.17, 15) is 18.4 Å². The highest BCUT2D eigenvalue weighted by molar-refractivity contribution is 8.00. The number of fused-ring (bicyclic) bond motifs is 1. The number of alkyl halides is 2. The Morgan fingerprint density at radius 3 is 2.75 bits per heavy atom. The van der Waals surface area contributed by atoms with Crippen molar-refractivity contribution in [1.29, 1.82) is 0 Å². The molecule has 2 atom stereocenters. The lowest BCUT2D eigenvalue weighted by atomic mass is 10.0. The lowest BCUT2D eigenvalue weighted by Crippen LogP contribution is -2.68. The topological polar surface area (TPSA) is 63.4 Å². The zero-order chi connectivity index (χ0) is 12.0. The smallest absolute Gasteiger partial charge is 0.263 e. The number of halogens is 2. The van der Waals surface area contributed by atoms with Crippen molar-refractivity contribution < 1.29 is 18.4 Å². The van der Waals surface area contributed by atoms with E-state index in [0.29, 0.717) is 0 Å². The number of rotatable bonds is 2. The second-order valence-electron chi connectivity index (χ2n) is 3.42. The van der Waals surface area contributed by atoms with Crippen LogP contribution in [0.5, 0.6) is 0 Å². The van der Waals surface area contributed by atoms with Gasteiger partial charge in [-0.05, 0) is 0 Å². The van der Waals surface area contributed by atoms with E-state index in [0.717, 1.165) is 16.7 Å². The molecule has 2 aliphatic heterocycles. The Balaban J connectivity index is 2.42. The highest BCUT2D eigenvalue weighted by Gasteiger charge is 2.52. The Hall–Kier alpha value is -0.600. The van der Waals surface area contributed by atoms with Crippen LogP contribution in [0, 0.1) is 0 Å². The number of carbonyl (C=O) groups is 2. The van der Waals surface area contributed by atoms with Gasteiger partial charge in [-0.2, -0.15) is 0 Å². The fourth-order valence-corrected chi connectivity index (χ4v) is 3.25. The van der Waals surface area contributed by atoms with Gasteiger partial charge in [0.25, 0.3) is 6.43 Å². The minimum absolute atomic E-state index is 0.00144. The number of hydrogen-bond acceptors (Lipinski definition) is 4. The molecule has 2 rings (SSSR count). The van der Waals surface area contributed by atoms with Crippen molar-refractivity contribution in [1.82, 2.24) is 4.90 Å². The van der Waals surface area contributed by atoms with Gasteiger partial charge in [0.1, 0.15) is 17.1 Å². The Labute approximate surface area is 99.6 Å². The maximum Gasteiger partial charge on any atom is 0.263 e. The third-order valence-electron chi connectivity index (χ3n) is 2.50. The summed E-state index contributed by atoms with van der Waals surface area (Å²) in [5.41, 5.74) is 4.86. The maximum absolute atomic E-state index is 12.7. The molecule has 88 valence electrons. The minimum Gasteiger partial charge on any atom is -0.317 e. The van der Waals surface area contributed by atoms with Gasteiger partial charge in [0.2, 0.25) is 11.0 Å². The van der Waals surface area contributed by atoms with E-state index in [1.807, 2.05) is 0 Å². The molecular formula is C8H8F2N2O2S2. The molecule has 0 spiro atoms. The van der Waals surface area contributed by atoms with E-state index in [-0.39, 0.29) is 17.0 Å². The van der Waals surface area contributed by atoms with E-state index in [1.165, 1.54) is 0 Å². The van der Waals surface area contributed by atoms with Crippen molar-refractivity contribution in [3.05, 3.63) is 11.3 Å². The Bertz CT molecular complexity index is 399. The predicted octanol–water partition coefficient (Wildman–Crippen LogP) is 0.204. The second kappa shape index (κ2) is 4.01. The largest absolute Gasteiger partial charge is 0.317 e. The predicted molar refractivity (Wildman–Crippen MR) is 58.1 cm³/mol. The highest BCUT2D eigenvalue weighted by atomic mass is 32.2. The van der Waals surface area contributed by atoms with E-state index < -0.39 is 28.9 Å². The molecule has 0 aromatic rings. The van der Waals surface area contributed by atoms with E-state index in [2.05, 4.69) is 12.6 Å². The molecule has 0 radical (unpaired) electrons. The Kier molecular flexibility index (Phi) is 2.97. The molecule has 2 heterocycles. The fraction of sp³-hybridized carbons (Fsp3) is 0.500. The summed E-state index contributed by atoms with van der Waals surface area (Å²) in [6, 6.07) is -0.716. The van der Waals surface area contributed by atoms with Gasteiger partial charge in [-0.1, -0.05) is 12.6 Å². The summed E-state index contributed by atoms with van der Waals surface area (Å²) in [6.45, 7) is 0. The third kappa shape index (κ3) is 1.56. The summed E-state index contributed by atoms with van der Waals surface area (Å²) in [7, 11) is 0. The van der Waals surface area contributed by atoms with Crippen molar-refractivity contribution >= 4 is 35.4 Å². The molecule has 1 saturated heterocycles. The number of hydrogen-bond donors (Lipinski definition) is 2. The average Bonchev–Trinajstić information content (AvgIpc) is 2.25. The minimum atomic E-state index is -2.76. The van der Waals surface area contributed by atoms with Crippen LogP contribution in [0.25, 0.3) is 0 Å². The summed E-state index contributed by atoms with van der Waals surface area (Å²) < 4.78 is 25.3. The molecule has 16 heavy (non-hydrogen) atoms. The van der Waals surface area contributed by atoms with E-state index >= 15 is 0 Å². The zero-order valence-electron chi connectivity index (χ0n) is 7.89. The average molecular weight is 266 g/mol. The van der Waals surface area contributed by atoms with E-state index in [1.54, 1.807) is 0 Å². The Morgan fingerprint density at radius 2 is 2.25 bits per heavy atom. The zero-order valence-corrected chi connectivity index (χ0v) is 9.60. The molecule has 2 N–H and O–H groups in total. The molecule has 0 bridgehead atoms. The fourth-order valence-electron chi connectivity index (χ4n) is 1.71. The Morgan fingerprint density at radius 1 is 1.62 bits per heavy atom. The van der Waals surface area contributed by atoms with Crippen molar-refractivity contribution in [2.75, 3.05) is 5.75 Å². The van der Waals surface area contributed by atoms with Crippen molar-refractivity contribution in [2.45, 2.75) is 17.8 Å². The summed E-state index contributed by atoms with van der Waals surface area (Å²) in [5.74, 6) is -0.505. The number of amides is 1. The lowest BCUT2D eigenvalue weighted by molar-refractivity contribution is -0.142. The quantitative estimate of drug-likeness (QED) is 0.554. The molecule has 0 aromatic carbocycles. The van der Waals surface area contributed by atoms with Gasteiger partial charge < -0.3 is 5.73 Å². The number of thiol groups is 1. The lowest BCUT2D eigenvalue weighted by Gasteiger charge is -2.48. The molecule has 0 saturated carbocycles. The standard InChI is InChI=1S/C8H8F2N2O2S2/c9-5(10)2-1-16-7-3(11)6(13)12(7)4(2)8(14)15/h3,5,7H,1,11H2,(H,14,15)/t3-,7-/m1/s1. The van der Waals surface area contributed by atoms with E-state index in [4.69, 9.17) is 5.73 Å². The van der Waals surface area contributed by atoms with Gasteiger partial charge in [0.05, 0.1) is 0 Å². The first-order chi connectivity index (χ1) is 7.45. The number of carbonyl (C=O) groups excluding carboxylic acids is 2. The van der Waals surface area contributed by atoms with Gasteiger partial charge in [-0.3, -0.25) is 14.5 Å². The number of thioether (sulfide) groups is 1. The van der Waals surface area contributed by atoms with Gasteiger partial charge in [-0.25, -0.2) is 8.78 Å². The van der Waals surface area contributed by atoms with Crippen LogP contribution in [0.3, 0.4) is 0 Å². The van der Waals surface area contributed by atoms with Crippen LogP contribution in [-0.2, 0) is 9.59 Å². The van der Waals surface area contributed by atoms with Crippen molar-refractivity contribution in [3.8, 4) is 0 Å². The van der Waals surface area contributed by atoms with Gasteiger partial charge in [0.15, 0.2) is 0 Å². The van der Waals surface area contributed by atoms with Crippen LogP contribution in [-0.4, -0.2) is 39.5 Å². The molecule has 4 nitrogen and oxygen atoms in total. The molecule has 1 fully saturated rings. The summed E-state index contributed by atoms with van der Waals surface area (Å²) in [4.78, 5) is 23.6. The van der Waals surface area contributed by atoms with Crippen LogP contribution in [0.1, 0.15) is 0 Å². The molecule has 0 unspecified atom stereocenters. The van der Waals surface area contributed by atoms with Gasteiger partial charge >= 0.3 is 0 Å². The van der Waals surface area contributed by atoms with Crippen LogP contribution in [0.4, 0.5) is 8.78 Å². The summed E-state index contributed by atoms with van der Waals surface area (Å²) in [6.07, 6.45) is -2.76. The molecular weight excluding hydrogens is 258 g/mol. The number of β-lactam (4-membered cyclic amide) rings is 1. The summed E-state index contributed by atoms with van der Waals surface area (Å²) >= 11 is 4.66. The van der Waals surface area contributed by atoms with Crippen LogP contribution >= 0.6 is 24.4 Å². The van der Waals surface area contributed by atoms with Crippen molar-refractivity contribution in [2.24, 2.45) is 5.73 Å². The first kappa shape index (κ1) is 11.9. The van der Waals surface area contributed by atoms with Gasteiger partial charge in [-0.15, -0.1) is 11.8 Å². The number of nitrogens with zero attached hydrogens (tertiary/aromatic N) is 1. The highest BCUT2D eigenvalue weighted by Crippen LogP contribution is 2.41. The maximum atomic E-state index is 12.7. The molecule has 8 heteroatoms. The van der Waals surface area contributed by atoms with Gasteiger partial charge in [0, 0.05) is 11.3 Å². The third-order valence-corrected chi connectivity index (χ3v) is 4.04. The molecule has 1 amide bonds.